The molecule has 84 valence electrons. The molecule has 1 aromatic rings. The van der Waals surface area contributed by atoms with E-state index in [2.05, 4.69) is 45.0 Å². The summed E-state index contributed by atoms with van der Waals surface area (Å²) in [7, 11) is 0. The van der Waals surface area contributed by atoms with Gasteiger partial charge in [0.25, 0.3) is 0 Å². The fourth-order valence-corrected chi connectivity index (χ4v) is 1.57. The summed E-state index contributed by atoms with van der Waals surface area (Å²) >= 11 is 0. The van der Waals surface area contributed by atoms with Crippen molar-refractivity contribution in [1.82, 2.24) is 0 Å². The Morgan fingerprint density at radius 3 is 2.07 bits per heavy atom. The van der Waals surface area contributed by atoms with Gasteiger partial charge in [-0.25, -0.2) is 0 Å². The minimum absolute atomic E-state index is 0.0685. The Kier molecular flexibility index (Phi) is 3.89. The van der Waals surface area contributed by atoms with Gasteiger partial charge in [-0.3, -0.25) is 0 Å². The van der Waals surface area contributed by atoms with Crippen LogP contribution in [0.15, 0.2) is 24.3 Å². The Balaban J connectivity index is 2.89. The summed E-state index contributed by atoms with van der Waals surface area (Å²) < 4.78 is 0. The summed E-state index contributed by atoms with van der Waals surface area (Å²) in [6.45, 7) is 7.17. The molecule has 1 atom stereocenters. The van der Waals surface area contributed by atoms with Gasteiger partial charge in [0.1, 0.15) is 0 Å². The molecule has 0 radical (unpaired) electrons. The van der Waals surface area contributed by atoms with E-state index in [0.717, 1.165) is 5.56 Å². The van der Waals surface area contributed by atoms with Crippen molar-refractivity contribution >= 4 is 0 Å². The van der Waals surface area contributed by atoms with E-state index in [9.17, 15) is 0 Å². The number of hydrogen-bond acceptors (Lipinski definition) is 2. The highest BCUT2D eigenvalue weighted by Crippen LogP contribution is 2.24. The molecule has 2 heteroatoms. The van der Waals surface area contributed by atoms with E-state index in [0.29, 0.717) is 6.54 Å². The number of rotatable bonds is 3. The lowest BCUT2D eigenvalue weighted by atomic mass is 9.85. The molecule has 0 bridgehead atoms. The van der Waals surface area contributed by atoms with Gasteiger partial charge in [0.15, 0.2) is 0 Å². The molecular weight excluding hydrogens is 186 g/mol. The third-order valence-electron chi connectivity index (χ3n) is 2.75. The Morgan fingerprint density at radius 1 is 1.20 bits per heavy atom. The molecule has 0 unspecified atom stereocenters. The first-order valence-electron chi connectivity index (χ1n) is 5.40. The van der Waals surface area contributed by atoms with Crippen LogP contribution < -0.4 is 5.73 Å². The maximum Gasteiger partial charge on any atom is 0.0511 e. The van der Waals surface area contributed by atoms with Gasteiger partial charge in [-0.15, -0.1) is 0 Å². The van der Waals surface area contributed by atoms with Crippen LogP contribution in [-0.2, 0) is 5.41 Å². The lowest BCUT2D eigenvalue weighted by Crippen LogP contribution is -2.16. The molecule has 15 heavy (non-hydrogen) atoms. The van der Waals surface area contributed by atoms with Crippen LogP contribution in [0.4, 0.5) is 0 Å². The maximum absolute atomic E-state index is 9.13. The molecule has 0 saturated carbocycles. The topological polar surface area (TPSA) is 46.2 Å². The van der Waals surface area contributed by atoms with Crippen LogP contribution >= 0.6 is 0 Å². The Morgan fingerprint density at radius 2 is 1.73 bits per heavy atom. The fourth-order valence-electron chi connectivity index (χ4n) is 1.57. The van der Waals surface area contributed by atoms with E-state index in [1.807, 2.05) is 0 Å². The number of hydrogen-bond donors (Lipinski definition) is 2. The van der Waals surface area contributed by atoms with Crippen LogP contribution in [0.5, 0.6) is 0 Å². The number of aliphatic hydroxyl groups is 1. The molecule has 2 nitrogen and oxygen atoms in total. The highest BCUT2D eigenvalue weighted by atomic mass is 16.3. The fraction of sp³-hybridized carbons (Fsp3) is 0.538. The Bertz CT molecular complexity index is 293. The number of nitrogens with two attached hydrogens (primary N) is 1. The van der Waals surface area contributed by atoms with E-state index in [-0.39, 0.29) is 17.9 Å². The van der Waals surface area contributed by atoms with E-state index in [4.69, 9.17) is 10.8 Å². The van der Waals surface area contributed by atoms with Crippen molar-refractivity contribution < 1.29 is 5.11 Å². The van der Waals surface area contributed by atoms with Crippen molar-refractivity contribution in [3.05, 3.63) is 35.4 Å². The summed E-state index contributed by atoms with van der Waals surface area (Å²) in [5.74, 6) is 0.0685. The first-order chi connectivity index (χ1) is 6.99. The van der Waals surface area contributed by atoms with Gasteiger partial charge in [0.05, 0.1) is 6.61 Å². The molecule has 1 aromatic carbocycles. The van der Waals surface area contributed by atoms with Gasteiger partial charge >= 0.3 is 0 Å². The molecule has 0 aliphatic heterocycles. The van der Waals surface area contributed by atoms with E-state index in [1.54, 1.807) is 0 Å². The monoisotopic (exact) mass is 207 g/mol. The second-order valence-corrected chi connectivity index (χ2v) is 4.99. The Labute approximate surface area is 92.1 Å². The quantitative estimate of drug-likeness (QED) is 0.796. The van der Waals surface area contributed by atoms with Crippen LogP contribution in [0.3, 0.4) is 0 Å². The highest BCUT2D eigenvalue weighted by Gasteiger charge is 2.14. The van der Waals surface area contributed by atoms with Gasteiger partial charge < -0.3 is 10.8 Å². The molecule has 0 amide bonds. The van der Waals surface area contributed by atoms with Gasteiger partial charge in [-0.1, -0.05) is 45.0 Å². The second kappa shape index (κ2) is 4.77. The number of aliphatic hydroxyl groups excluding tert-OH is 1. The van der Waals surface area contributed by atoms with Gasteiger partial charge in [-0.2, -0.15) is 0 Å². The van der Waals surface area contributed by atoms with Crippen molar-refractivity contribution in [3.8, 4) is 0 Å². The van der Waals surface area contributed by atoms with E-state index in [1.165, 1.54) is 5.56 Å². The average Bonchev–Trinajstić information content (AvgIpc) is 2.19. The van der Waals surface area contributed by atoms with Crippen LogP contribution in [0.2, 0.25) is 0 Å². The zero-order chi connectivity index (χ0) is 11.5. The molecular formula is C13H21NO. The van der Waals surface area contributed by atoms with Crippen molar-refractivity contribution in [2.75, 3.05) is 13.2 Å². The number of benzene rings is 1. The minimum atomic E-state index is 0.0685. The van der Waals surface area contributed by atoms with E-state index >= 15 is 0 Å². The smallest absolute Gasteiger partial charge is 0.0511 e. The molecule has 0 aliphatic rings. The molecule has 0 aliphatic carbocycles. The summed E-state index contributed by atoms with van der Waals surface area (Å²) in [5, 5.41) is 9.13. The summed E-state index contributed by atoms with van der Waals surface area (Å²) in [5.41, 5.74) is 8.18. The zero-order valence-corrected chi connectivity index (χ0v) is 9.83. The molecule has 0 spiro atoms. The predicted octanol–water partition coefficient (Wildman–Crippen LogP) is 2.02. The average molecular weight is 207 g/mol. The zero-order valence-electron chi connectivity index (χ0n) is 9.83. The molecule has 0 fully saturated rings. The lowest BCUT2D eigenvalue weighted by Gasteiger charge is -2.20. The van der Waals surface area contributed by atoms with Gasteiger partial charge in [-0.05, 0) is 16.5 Å². The summed E-state index contributed by atoms with van der Waals surface area (Å²) in [6.07, 6.45) is 0. The van der Waals surface area contributed by atoms with Crippen molar-refractivity contribution in [2.24, 2.45) is 5.73 Å². The van der Waals surface area contributed by atoms with Crippen LogP contribution in [0, 0.1) is 0 Å². The molecule has 0 aromatic heterocycles. The molecule has 0 saturated heterocycles. The second-order valence-electron chi connectivity index (χ2n) is 4.99. The maximum atomic E-state index is 9.13. The first kappa shape index (κ1) is 12.2. The van der Waals surface area contributed by atoms with Crippen LogP contribution in [0.25, 0.3) is 0 Å². The summed E-state index contributed by atoms with van der Waals surface area (Å²) in [4.78, 5) is 0. The Hall–Kier alpha value is -0.860. The third-order valence-corrected chi connectivity index (χ3v) is 2.75. The third kappa shape index (κ3) is 3.05. The van der Waals surface area contributed by atoms with Gasteiger partial charge in [0, 0.05) is 12.5 Å². The van der Waals surface area contributed by atoms with Crippen molar-refractivity contribution in [1.29, 1.82) is 0 Å². The largest absolute Gasteiger partial charge is 0.396 e. The summed E-state index contributed by atoms with van der Waals surface area (Å²) in [6, 6.07) is 8.37. The van der Waals surface area contributed by atoms with Crippen molar-refractivity contribution in [3.63, 3.8) is 0 Å². The molecule has 0 heterocycles. The van der Waals surface area contributed by atoms with Crippen LogP contribution in [0.1, 0.15) is 37.8 Å². The predicted molar refractivity (Wildman–Crippen MR) is 64.0 cm³/mol. The standard InChI is InChI=1S/C13H21NO/c1-13(2,3)12-6-4-10(5-7-12)11(8-14)9-15/h4-7,11,15H,8-9,14H2,1-3H3/t11-/m0/s1. The highest BCUT2D eigenvalue weighted by molar-refractivity contribution is 5.29. The minimum Gasteiger partial charge on any atom is -0.396 e. The molecule has 3 N–H and O–H groups in total. The lowest BCUT2D eigenvalue weighted by molar-refractivity contribution is 0.268. The van der Waals surface area contributed by atoms with Crippen molar-refractivity contribution in [2.45, 2.75) is 32.1 Å². The molecule has 1 rings (SSSR count). The van der Waals surface area contributed by atoms with Gasteiger partial charge in [0.2, 0.25) is 0 Å². The SMILES string of the molecule is CC(C)(C)c1ccc([C@@H](CN)CO)cc1. The van der Waals surface area contributed by atoms with E-state index < -0.39 is 0 Å². The normalized spacial score (nSPS) is 13.9. The van der Waals surface area contributed by atoms with Crippen LogP contribution in [-0.4, -0.2) is 18.3 Å². The first-order valence-corrected chi connectivity index (χ1v) is 5.40.